The first-order valence-corrected chi connectivity index (χ1v) is 7.97. The van der Waals surface area contributed by atoms with Crippen molar-refractivity contribution in [1.82, 2.24) is 10.3 Å². The zero-order chi connectivity index (χ0) is 16.9. The molecule has 2 aromatic rings. The molecule has 1 aliphatic rings. The fraction of sp³-hybridized carbons (Fsp3) is 0.278. The van der Waals surface area contributed by atoms with Crippen molar-refractivity contribution < 1.29 is 14.3 Å². The van der Waals surface area contributed by atoms with Gasteiger partial charge in [0.25, 0.3) is 11.8 Å². The highest BCUT2D eigenvalue weighted by atomic mass is 16.5. The molecule has 0 unspecified atom stereocenters. The van der Waals surface area contributed by atoms with Crippen LogP contribution in [0, 0.1) is 0 Å². The first-order chi connectivity index (χ1) is 11.7. The Morgan fingerprint density at radius 2 is 2.04 bits per heavy atom. The maximum atomic E-state index is 12.8. The minimum absolute atomic E-state index is 0.155. The van der Waals surface area contributed by atoms with Crippen molar-refractivity contribution in [2.75, 3.05) is 18.0 Å². The van der Waals surface area contributed by atoms with Crippen LogP contribution in [0.2, 0.25) is 0 Å². The summed E-state index contributed by atoms with van der Waals surface area (Å²) in [5.41, 5.74) is 0.981. The van der Waals surface area contributed by atoms with Crippen molar-refractivity contribution in [2.24, 2.45) is 0 Å². The van der Waals surface area contributed by atoms with Gasteiger partial charge in [-0.2, -0.15) is 0 Å². The number of para-hydroxylation sites is 2. The van der Waals surface area contributed by atoms with E-state index in [0.29, 0.717) is 23.7 Å². The van der Waals surface area contributed by atoms with Crippen molar-refractivity contribution in [2.45, 2.75) is 19.4 Å². The lowest BCUT2D eigenvalue weighted by Crippen LogP contribution is -2.51. The van der Waals surface area contributed by atoms with Crippen molar-refractivity contribution in [3.05, 3.63) is 54.4 Å². The fourth-order valence-electron chi connectivity index (χ4n) is 2.55. The predicted molar refractivity (Wildman–Crippen MR) is 90.1 cm³/mol. The molecule has 6 nitrogen and oxygen atoms in total. The number of anilines is 1. The summed E-state index contributed by atoms with van der Waals surface area (Å²) in [5, 5.41) is 2.81. The predicted octanol–water partition coefficient (Wildman–Crippen LogP) is 2.02. The SMILES string of the molecule is CCCNC(=O)[C@H]1CN(C(=O)c2ccccn2)c2ccccc2O1. The number of nitrogens with zero attached hydrogens (tertiary/aromatic N) is 2. The lowest BCUT2D eigenvalue weighted by atomic mass is 10.1. The Labute approximate surface area is 140 Å². The number of nitrogens with one attached hydrogen (secondary N) is 1. The monoisotopic (exact) mass is 325 g/mol. The van der Waals surface area contributed by atoms with E-state index in [1.165, 1.54) is 0 Å². The maximum absolute atomic E-state index is 12.8. The smallest absolute Gasteiger partial charge is 0.277 e. The Morgan fingerprint density at radius 3 is 2.79 bits per heavy atom. The number of ether oxygens (including phenoxy) is 1. The standard InChI is InChI=1S/C18H19N3O3/c1-2-10-20-17(22)16-12-21(14-8-3-4-9-15(14)24-16)18(23)13-7-5-6-11-19-13/h3-9,11,16H,2,10,12H2,1H3,(H,20,22)/t16-/m1/s1. The van der Waals surface area contributed by atoms with Gasteiger partial charge < -0.3 is 10.1 Å². The maximum Gasteiger partial charge on any atom is 0.277 e. The third-order valence-corrected chi connectivity index (χ3v) is 3.74. The molecule has 0 saturated carbocycles. The van der Waals surface area contributed by atoms with Gasteiger partial charge >= 0.3 is 0 Å². The van der Waals surface area contributed by atoms with Crippen LogP contribution in [0.4, 0.5) is 5.69 Å². The van der Waals surface area contributed by atoms with Crippen LogP contribution >= 0.6 is 0 Å². The number of pyridine rings is 1. The molecule has 2 heterocycles. The zero-order valence-corrected chi connectivity index (χ0v) is 13.4. The van der Waals surface area contributed by atoms with Crippen molar-refractivity contribution in [3.8, 4) is 5.75 Å². The average molecular weight is 325 g/mol. The lowest BCUT2D eigenvalue weighted by Gasteiger charge is -2.34. The van der Waals surface area contributed by atoms with Crippen LogP contribution in [0.25, 0.3) is 0 Å². The van der Waals surface area contributed by atoms with E-state index in [-0.39, 0.29) is 18.4 Å². The number of carbonyl (C=O) groups is 2. The number of carbonyl (C=O) groups excluding carboxylic acids is 2. The third-order valence-electron chi connectivity index (χ3n) is 3.74. The highest BCUT2D eigenvalue weighted by molar-refractivity contribution is 6.06. The quantitative estimate of drug-likeness (QED) is 0.933. The summed E-state index contributed by atoms with van der Waals surface area (Å²) >= 11 is 0. The first kappa shape index (κ1) is 16.0. The Balaban J connectivity index is 1.89. The zero-order valence-electron chi connectivity index (χ0n) is 13.4. The number of amides is 2. The number of benzene rings is 1. The van der Waals surface area contributed by atoms with Gasteiger partial charge in [0.2, 0.25) is 0 Å². The second-order valence-electron chi connectivity index (χ2n) is 5.50. The molecule has 0 fully saturated rings. The summed E-state index contributed by atoms with van der Waals surface area (Å²) in [5.74, 6) is 0.0505. The summed E-state index contributed by atoms with van der Waals surface area (Å²) < 4.78 is 5.78. The van der Waals surface area contributed by atoms with Crippen LogP contribution in [-0.4, -0.2) is 36.0 Å². The van der Waals surface area contributed by atoms with Crippen LogP contribution in [0.1, 0.15) is 23.8 Å². The second kappa shape index (κ2) is 7.12. The molecule has 1 aromatic heterocycles. The van der Waals surface area contributed by atoms with Gasteiger partial charge in [0.1, 0.15) is 11.4 Å². The Morgan fingerprint density at radius 1 is 1.25 bits per heavy atom. The Bertz CT molecular complexity index is 733. The number of hydrogen-bond donors (Lipinski definition) is 1. The molecule has 1 atom stereocenters. The van der Waals surface area contributed by atoms with E-state index in [0.717, 1.165) is 6.42 Å². The van der Waals surface area contributed by atoms with E-state index in [1.54, 1.807) is 41.4 Å². The summed E-state index contributed by atoms with van der Waals surface area (Å²) in [6.07, 6.45) is 1.68. The van der Waals surface area contributed by atoms with Crippen LogP contribution in [0.15, 0.2) is 48.7 Å². The summed E-state index contributed by atoms with van der Waals surface area (Å²) in [7, 11) is 0. The van der Waals surface area contributed by atoms with Gasteiger partial charge in [-0.25, -0.2) is 0 Å². The van der Waals surface area contributed by atoms with Crippen LogP contribution in [0.3, 0.4) is 0 Å². The van der Waals surface area contributed by atoms with Gasteiger partial charge in [-0.15, -0.1) is 0 Å². The minimum atomic E-state index is -0.737. The van der Waals surface area contributed by atoms with Crippen LogP contribution in [-0.2, 0) is 4.79 Å². The van der Waals surface area contributed by atoms with Gasteiger partial charge in [0, 0.05) is 12.7 Å². The van der Waals surface area contributed by atoms with E-state index in [9.17, 15) is 9.59 Å². The number of aromatic nitrogens is 1. The molecular weight excluding hydrogens is 306 g/mol. The number of fused-ring (bicyclic) bond motifs is 1. The van der Waals surface area contributed by atoms with Gasteiger partial charge in [0.15, 0.2) is 6.10 Å². The number of hydrogen-bond acceptors (Lipinski definition) is 4. The van der Waals surface area contributed by atoms with Crippen molar-refractivity contribution in [1.29, 1.82) is 0 Å². The van der Waals surface area contributed by atoms with E-state index in [1.807, 2.05) is 19.1 Å². The molecule has 1 aromatic carbocycles. The molecule has 1 N–H and O–H groups in total. The molecule has 0 saturated heterocycles. The summed E-state index contributed by atoms with van der Waals surface area (Å²) in [4.78, 5) is 30.8. The van der Waals surface area contributed by atoms with E-state index in [4.69, 9.17) is 4.74 Å². The van der Waals surface area contributed by atoms with E-state index in [2.05, 4.69) is 10.3 Å². The topological polar surface area (TPSA) is 71.5 Å². The largest absolute Gasteiger partial charge is 0.477 e. The van der Waals surface area contributed by atoms with Crippen molar-refractivity contribution >= 4 is 17.5 Å². The fourth-order valence-corrected chi connectivity index (χ4v) is 2.55. The van der Waals surface area contributed by atoms with Gasteiger partial charge in [-0.3, -0.25) is 19.5 Å². The molecule has 2 amide bonds. The molecule has 24 heavy (non-hydrogen) atoms. The molecule has 1 aliphatic heterocycles. The van der Waals surface area contributed by atoms with E-state index < -0.39 is 6.10 Å². The number of rotatable bonds is 4. The van der Waals surface area contributed by atoms with Crippen LogP contribution in [0.5, 0.6) is 5.75 Å². The average Bonchev–Trinajstić information content (AvgIpc) is 2.65. The molecule has 124 valence electrons. The highest BCUT2D eigenvalue weighted by Crippen LogP contribution is 2.33. The van der Waals surface area contributed by atoms with Crippen molar-refractivity contribution in [3.63, 3.8) is 0 Å². The molecule has 0 aliphatic carbocycles. The highest BCUT2D eigenvalue weighted by Gasteiger charge is 2.34. The Kier molecular flexibility index (Phi) is 4.74. The van der Waals surface area contributed by atoms with Gasteiger partial charge in [-0.1, -0.05) is 25.1 Å². The molecule has 0 bridgehead atoms. The normalized spacial score (nSPS) is 16.0. The lowest BCUT2D eigenvalue weighted by molar-refractivity contribution is -0.127. The first-order valence-electron chi connectivity index (χ1n) is 7.97. The van der Waals surface area contributed by atoms with Gasteiger partial charge in [-0.05, 0) is 30.7 Å². The molecule has 6 heteroatoms. The van der Waals surface area contributed by atoms with Crippen LogP contribution < -0.4 is 15.0 Å². The molecule has 0 spiro atoms. The summed E-state index contributed by atoms with van der Waals surface area (Å²) in [6, 6.07) is 12.4. The Hall–Kier alpha value is -2.89. The third kappa shape index (κ3) is 3.22. The molecule has 0 radical (unpaired) electrons. The second-order valence-corrected chi connectivity index (χ2v) is 5.50. The minimum Gasteiger partial charge on any atom is -0.477 e. The molecule has 3 rings (SSSR count). The molecular formula is C18H19N3O3. The van der Waals surface area contributed by atoms with Gasteiger partial charge in [0.05, 0.1) is 12.2 Å². The van der Waals surface area contributed by atoms with E-state index >= 15 is 0 Å². The summed E-state index contributed by atoms with van der Waals surface area (Å²) in [6.45, 7) is 2.71.